The van der Waals surface area contributed by atoms with E-state index in [1.807, 2.05) is 6.92 Å². The van der Waals surface area contributed by atoms with Crippen LogP contribution < -0.4 is 10.1 Å². The van der Waals surface area contributed by atoms with Crippen LogP contribution in [0.4, 0.5) is 11.4 Å². The van der Waals surface area contributed by atoms with Gasteiger partial charge < -0.3 is 10.1 Å². The smallest absolute Gasteiger partial charge is 0.321 e. The van der Waals surface area contributed by atoms with Gasteiger partial charge >= 0.3 is 6.01 Å². The molecule has 0 aliphatic heterocycles. The number of anilines is 1. The summed E-state index contributed by atoms with van der Waals surface area (Å²) in [6, 6.07) is 13.1. The van der Waals surface area contributed by atoms with Crippen LogP contribution in [0.5, 0.6) is 11.8 Å². The van der Waals surface area contributed by atoms with Crippen LogP contribution in [0.15, 0.2) is 60.9 Å². The monoisotopic (exact) mass is 364 g/mol. The highest BCUT2D eigenvalue weighted by molar-refractivity contribution is 5.93. The zero-order chi connectivity index (χ0) is 19.2. The van der Waals surface area contributed by atoms with Gasteiger partial charge in [-0.15, -0.1) is 0 Å². The zero-order valence-corrected chi connectivity index (χ0v) is 14.5. The second-order valence-electron chi connectivity index (χ2n) is 5.76. The Morgan fingerprint density at radius 1 is 1.15 bits per heavy atom. The Balaban J connectivity index is 1.63. The minimum atomic E-state index is -0.475. The number of carbonyl (C=O) groups is 1. The van der Waals surface area contributed by atoms with Crippen LogP contribution in [-0.2, 0) is 11.2 Å². The van der Waals surface area contributed by atoms with Crippen LogP contribution in [-0.4, -0.2) is 20.8 Å². The molecule has 1 aromatic heterocycles. The molecule has 0 aliphatic carbocycles. The highest BCUT2D eigenvalue weighted by Gasteiger charge is 2.10. The number of nitro benzene ring substituents is 1. The Labute approximate surface area is 155 Å². The molecule has 0 saturated heterocycles. The molecule has 0 saturated carbocycles. The summed E-state index contributed by atoms with van der Waals surface area (Å²) in [6.45, 7) is 1.85. The Morgan fingerprint density at radius 3 is 2.48 bits per heavy atom. The van der Waals surface area contributed by atoms with Crippen molar-refractivity contribution in [1.82, 2.24) is 9.97 Å². The van der Waals surface area contributed by atoms with E-state index in [-0.39, 0.29) is 24.0 Å². The molecule has 136 valence electrons. The first-order chi connectivity index (χ1) is 13.0. The highest BCUT2D eigenvalue weighted by atomic mass is 16.6. The molecule has 0 radical (unpaired) electrons. The topological polar surface area (TPSA) is 107 Å². The van der Waals surface area contributed by atoms with Gasteiger partial charge in [0.1, 0.15) is 5.75 Å². The van der Waals surface area contributed by atoms with Crippen molar-refractivity contribution in [3.8, 4) is 11.8 Å². The molecule has 0 atom stereocenters. The van der Waals surface area contributed by atoms with Gasteiger partial charge in [-0.1, -0.05) is 12.1 Å². The number of aryl methyl sites for hydroxylation is 1. The van der Waals surface area contributed by atoms with Gasteiger partial charge in [0.05, 0.1) is 11.3 Å². The number of rotatable bonds is 6. The number of hydrogen-bond acceptors (Lipinski definition) is 6. The Bertz CT molecular complexity index is 959. The second-order valence-corrected chi connectivity index (χ2v) is 5.76. The second kappa shape index (κ2) is 8.05. The number of nitrogens with zero attached hydrogens (tertiary/aromatic N) is 3. The molecule has 27 heavy (non-hydrogen) atoms. The number of benzene rings is 2. The van der Waals surface area contributed by atoms with Crippen molar-refractivity contribution in [1.29, 1.82) is 0 Å². The molecule has 0 bridgehead atoms. The van der Waals surface area contributed by atoms with Crippen molar-refractivity contribution in [3.05, 3.63) is 82.2 Å². The highest BCUT2D eigenvalue weighted by Crippen LogP contribution is 2.24. The lowest BCUT2D eigenvalue weighted by atomic mass is 10.1. The molecule has 3 rings (SSSR count). The van der Waals surface area contributed by atoms with Gasteiger partial charge in [0.25, 0.3) is 5.69 Å². The predicted molar refractivity (Wildman–Crippen MR) is 98.7 cm³/mol. The van der Waals surface area contributed by atoms with Crippen molar-refractivity contribution in [3.63, 3.8) is 0 Å². The minimum Gasteiger partial charge on any atom is -0.424 e. The largest absolute Gasteiger partial charge is 0.424 e. The molecular weight excluding hydrogens is 348 g/mol. The van der Waals surface area contributed by atoms with Crippen LogP contribution in [0.3, 0.4) is 0 Å². The van der Waals surface area contributed by atoms with Crippen molar-refractivity contribution in [2.45, 2.75) is 13.3 Å². The van der Waals surface area contributed by atoms with Crippen molar-refractivity contribution < 1.29 is 14.5 Å². The summed E-state index contributed by atoms with van der Waals surface area (Å²) >= 11 is 0. The lowest BCUT2D eigenvalue weighted by Crippen LogP contribution is -2.15. The number of hydrogen-bond donors (Lipinski definition) is 1. The standard InChI is InChI=1S/C19H16N4O4/c1-13-11-16(27-19-20-9-2-10-21-19)7-8-17(13)22-18(24)12-14-3-5-15(6-4-14)23(25)26/h2-11H,12H2,1H3,(H,22,24). The first-order valence-electron chi connectivity index (χ1n) is 8.10. The molecule has 1 amide bonds. The number of nitrogens with one attached hydrogen (secondary N) is 1. The Kier molecular flexibility index (Phi) is 5.36. The summed E-state index contributed by atoms with van der Waals surface area (Å²) in [4.78, 5) is 30.4. The number of carbonyl (C=O) groups excluding carboxylic acids is 1. The summed E-state index contributed by atoms with van der Waals surface area (Å²) in [5.74, 6) is 0.346. The summed E-state index contributed by atoms with van der Waals surface area (Å²) in [5, 5.41) is 13.5. The lowest BCUT2D eigenvalue weighted by molar-refractivity contribution is -0.384. The third kappa shape index (κ3) is 4.85. The number of amides is 1. The van der Waals surface area contributed by atoms with Crippen LogP contribution >= 0.6 is 0 Å². The van der Waals surface area contributed by atoms with E-state index in [0.29, 0.717) is 17.0 Å². The molecule has 0 aliphatic rings. The fourth-order valence-corrected chi connectivity index (χ4v) is 2.40. The SMILES string of the molecule is Cc1cc(Oc2ncccn2)ccc1NC(=O)Cc1ccc([N+](=O)[O-])cc1. The first-order valence-corrected chi connectivity index (χ1v) is 8.10. The van der Waals surface area contributed by atoms with E-state index in [1.165, 1.54) is 12.1 Å². The van der Waals surface area contributed by atoms with E-state index in [1.54, 1.807) is 48.8 Å². The maximum Gasteiger partial charge on any atom is 0.321 e. The normalized spacial score (nSPS) is 10.3. The van der Waals surface area contributed by atoms with E-state index in [0.717, 1.165) is 5.56 Å². The van der Waals surface area contributed by atoms with E-state index in [9.17, 15) is 14.9 Å². The molecule has 2 aromatic carbocycles. The maximum atomic E-state index is 12.2. The average Bonchev–Trinajstić information content (AvgIpc) is 2.65. The van der Waals surface area contributed by atoms with Crippen LogP contribution in [0.2, 0.25) is 0 Å². The fraction of sp³-hybridized carbons (Fsp3) is 0.105. The third-order valence-corrected chi connectivity index (χ3v) is 3.74. The van der Waals surface area contributed by atoms with E-state index in [2.05, 4.69) is 15.3 Å². The third-order valence-electron chi connectivity index (χ3n) is 3.74. The molecule has 0 fully saturated rings. The first kappa shape index (κ1) is 18.0. The number of nitro groups is 1. The molecule has 1 N–H and O–H groups in total. The van der Waals surface area contributed by atoms with Gasteiger partial charge in [0.2, 0.25) is 5.91 Å². The van der Waals surface area contributed by atoms with Gasteiger partial charge in [-0.2, -0.15) is 0 Å². The molecule has 3 aromatic rings. The van der Waals surface area contributed by atoms with Gasteiger partial charge in [-0.3, -0.25) is 14.9 Å². The quantitative estimate of drug-likeness (QED) is 0.528. The van der Waals surface area contributed by atoms with Gasteiger partial charge in [0.15, 0.2) is 0 Å². The van der Waals surface area contributed by atoms with Crippen LogP contribution in [0.1, 0.15) is 11.1 Å². The van der Waals surface area contributed by atoms with Crippen LogP contribution in [0.25, 0.3) is 0 Å². The molecule has 0 spiro atoms. The van der Waals surface area contributed by atoms with Gasteiger partial charge in [0, 0.05) is 30.2 Å². The van der Waals surface area contributed by atoms with Gasteiger partial charge in [-0.25, -0.2) is 9.97 Å². The predicted octanol–water partition coefficient (Wildman–Crippen LogP) is 3.67. The summed E-state index contributed by atoms with van der Waals surface area (Å²) in [5.41, 5.74) is 2.16. The maximum absolute atomic E-state index is 12.2. The van der Waals surface area contributed by atoms with Gasteiger partial charge in [-0.05, 0) is 42.3 Å². The van der Waals surface area contributed by atoms with E-state index in [4.69, 9.17) is 4.74 Å². The Hall–Kier alpha value is -3.81. The Morgan fingerprint density at radius 2 is 1.85 bits per heavy atom. The zero-order valence-electron chi connectivity index (χ0n) is 14.5. The molecular formula is C19H16N4O4. The summed E-state index contributed by atoms with van der Waals surface area (Å²) in [6.07, 6.45) is 3.29. The number of aromatic nitrogens is 2. The van der Waals surface area contributed by atoms with Crippen LogP contribution in [0, 0.1) is 17.0 Å². The van der Waals surface area contributed by atoms with E-state index < -0.39 is 4.92 Å². The molecule has 0 unspecified atom stereocenters. The molecule has 1 heterocycles. The molecule has 8 heteroatoms. The lowest BCUT2D eigenvalue weighted by Gasteiger charge is -2.10. The number of ether oxygens (including phenoxy) is 1. The number of non-ortho nitro benzene ring substituents is 1. The van der Waals surface area contributed by atoms with Crippen molar-refractivity contribution in [2.75, 3.05) is 5.32 Å². The summed E-state index contributed by atoms with van der Waals surface area (Å²) in [7, 11) is 0. The fourth-order valence-electron chi connectivity index (χ4n) is 2.40. The molecule has 8 nitrogen and oxygen atoms in total. The van der Waals surface area contributed by atoms with E-state index >= 15 is 0 Å². The summed E-state index contributed by atoms with van der Waals surface area (Å²) < 4.78 is 5.56. The van der Waals surface area contributed by atoms with Crippen molar-refractivity contribution in [2.24, 2.45) is 0 Å². The minimum absolute atomic E-state index is 0.00649. The van der Waals surface area contributed by atoms with Crippen molar-refractivity contribution >= 4 is 17.3 Å². The average molecular weight is 364 g/mol.